The number of hydrogen-bond donors (Lipinski definition) is 1. The summed E-state index contributed by atoms with van der Waals surface area (Å²) in [5, 5.41) is 20.8. The zero-order valence-corrected chi connectivity index (χ0v) is 6.92. The summed E-state index contributed by atoms with van der Waals surface area (Å²) in [6.45, 7) is 3.20. The Morgan fingerprint density at radius 1 is 1.42 bits per heavy atom. The van der Waals surface area contributed by atoms with Crippen molar-refractivity contribution in [1.82, 2.24) is 0 Å². The van der Waals surface area contributed by atoms with Crippen LogP contribution in [0.5, 0.6) is 0 Å². The Labute approximate surface area is 69.6 Å². The minimum absolute atomic E-state index is 0.309. The van der Waals surface area contributed by atoms with Gasteiger partial charge in [0.1, 0.15) is 24.0 Å². The zero-order chi connectivity index (χ0) is 9.52. The third kappa shape index (κ3) is 1.27. The van der Waals surface area contributed by atoms with Crippen molar-refractivity contribution in [2.24, 2.45) is 0 Å². The zero-order valence-electron chi connectivity index (χ0n) is 6.92. The number of aliphatic carboxylic acids is 2. The van der Waals surface area contributed by atoms with Gasteiger partial charge in [-0.3, -0.25) is 0 Å². The number of hydrogen-bond acceptors (Lipinski definition) is 4. The number of rotatable bonds is 3. The van der Waals surface area contributed by atoms with E-state index in [1.54, 1.807) is 0 Å². The molecule has 5 nitrogen and oxygen atoms in total. The second-order valence-electron chi connectivity index (χ2n) is 3.51. The number of carbonyl (C=O) groups is 2. The molecule has 0 spiro atoms. The molecule has 0 radical (unpaired) electrons. The van der Waals surface area contributed by atoms with Crippen LogP contribution in [0.4, 0.5) is 0 Å². The van der Waals surface area contributed by atoms with Crippen molar-refractivity contribution >= 4 is 11.9 Å². The molecular weight excluding hydrogens is 162 g/mol. The van der Waals surface area contributed by atoms with E-state index < -0.39 is 23.5 Å². The molecule has 0 aromatic carbocycles. The van der Waals surface area contributed by atoms with Crippen molar-refractivity contribution in [3.63, 3.8) is 0 Å². The van der Waals surface area contributed by atoms with Crippen molar-refractivity contribution in [2.75, 3.05) is 6.54 Å². The Morgan fingerprint density at radius 2 is 1.92 bits per heavy atom. The maximum absolute atomic E-state index is 10.5. The third-order valence-electron chi connectivity index (χ3n) is 2.28. The summed E-state index contributed by atoms with van der Waals surface area (Å²) < 4.78 is 0. The van der Waals surface area contributed by atoms with E-state index >= 15 is 0 Å². The first-order chi connectivity index (χ1) is 5.37. The summed E-state index contributed by atoms with van der Waals surface area (Å²) in [7, 11) is 0. The minimum atomic E-state index is -1.23. The lowest BCUT2D eigenvalue weighted by Crippen LogP contribution is -3.07. The Morgan fingerprint density at radius 3 is 2.17 bits per heavy atom. The molecule has 1 aliphatic rings. The van der Waals surface area contributed by atoms with E-state index in [1.165, 1.54) is 13.8 Å². The van der Waals surface area contributed by atoms with Crippen LogP contribution in [0.25, 0.3) is 0 Å². The number of carbonyl (C=O) groups excluding carboxylic acids is 2. The fraction of sp³-hybridized carbons (Fsp3) is 0.714. The Kier molecular flexibility index (Phi) is 1.83. The van der Waals surface area contributed by atoms with Gasteiger partial charge in [-0.15, -0.1) is 0 Å². The molecule has 0 saturated carbocycles. The molecule has 5 heteroatoms. The molecule has 1 N–H and O–H groups in total. The molecule has 1 unspecified atom stereocenters. The van der Waals surface area contributed by atoms with Crippen molar-refractivity contribution in [3.8, 4) is 0 Å². The first-order valence-electron chi connectivity index (χ1n) is 3.66. The maximum Gasteiger partial charge on any atom is 0.178 e. The standard InChI is InChI=1S/C7H11NO4/c1-7(2,6(11)12)8-3-4(8)5(9)10/h4H,3H2,1-2H3,(H,9,10)(H,11,12)/p-1/t4-,8?/m0/s1. The van der Waals surface area contributed by atoms with Gasteiger partial charge in [-0.1, -0.05) is 0 Å². The summed E-state index contributed by atoms with van der Waals surface area (Å²) in [6.07, 6.45) is 0. The predicted molar refractivity (Wildman–Crippen MR) is 33.7 cm³/mol. The lowest BCUT2D eigenvalue weighted by Gasteiger charge is -2.24. The number of carboxylic acids is 2. The fourth-order valence-corrected chi connectivity index (χ4v) is 1.21. The molecular formula is C7H10NO4-. The molecule has 0 amide bonds. The molecule has 1 fully saturated rings. The topological polar surface area (TPSA) is 84.7 Å². The highest BCUT2D eigenvalue weighted by molar-refractivity contribution is 5.76. The van der Waals surface area contributed by atoms with Gasteiger partial charge in [0.25, 0.3) is 0 Å². The Bertz CT molecular complexity index is 236. The minimum Gasteiger partial charge on any atom is -0.544 e. The molecule has 1 aliphatic heterocycles. The van der Waals surface area contributed by atoms with Crippen LogP contribution in [0.2, 0.25) is 0 Å². The number of quaternary nitrogens is 1. The van der Waals surface area contributed by atoms with Crippen LogP contribution in [0, 0.1) is 0 Å². The monoisotopic (exact) mass is 172 g/mol. The average Bonchev–Trinajstić information content (AvgIpc) is 2.63. The van der Waals surface area contributed by atoms with Crippen molar-refractivity contribution < 1.29 is 24.7 Å². The van der Waals surface area contributed by atoms with Crippen LogP contribution in [0.3, 0.4) is 0 Å². The molecule has 68 valence electrons. The van der Waals surface area contributed by atoms with E-state index in [9.17, 15) is 19.8 Å². The summed E-state index contributed by atoms with van der Waals surface area (Å²) in [6, 6.07) is -0.683. The van der Waals surface area contributed by atoms with E-state index in [0.29, 0.717) is 11.4 Å². The highest BCUT2D eigenvalue weighted by Gasteiger charge is 2.52. The largest absolute Gasteiger partial charge is 0.544 e. The maximum atomic E-state index is 10.5. The van der Waals surface area contributed by atoms with Gasteiger partial charge in [-0.25, -0.2) is 0 Å². The molecule has 1 rings (SSSR count). The van der Waals surface area contributed by atoms with Crippen LogP contribution in [-0.4, -0.2) is 30.1 Å². The van der Waals surface area contributed by atoms with E-state index in [1.807, 2.05) is 0 Å². The van der Waals surface area contributed by atoms with Crippen LogP contribution >= 0.6 is 0 Å². The SMILES string of the molecule is CC(C)(C(=O)[O-])[NH+]1C[C@H]1C(=O)[O-]. The fourth-order valence-electron chi connectivity index (χ4n) is 1.21. The summed E-state index contributed by atoms with van der Waals surface area (Å²) in [5.41, 5.74) is -1.13. The Balaban J connectivity index is 2.64. The highest BCUT2D eigenvalue weighted by Crippen LogP contribution is 2.02. The predicted octanol–water partition coefficient (Wildman–Crippen LogP) is -4.47. The van der Waals surface area contributed by atoms with Gasteiger partial charge in [-0.2, -0.15) is 0 Å². The summed E-state index contributed by atoms with van der Waals surface area (Å²) >= 11 is 0. The average molecular weight is 172 g/mol. The van der Waals surface area contributed by atoms with Crippen LogP contribution in [0.1, 0.15) is 13.8 Å². The van der Waals surface area contributed by atoms with Crippen molar-refractivity contribution in [3.05, 3.63) is 0 Å². The van der Waals surface area contributed by atoms with E-state index in [4.69, 9.17) is 0 Å². The van der Waals surface area contributed by atoms with Crippen LogP contribution in [0.15, 0.2) is 0 Å². The first-order valence-corrected chi connectivity index (χ1v) is 3.66. The first kappa shape index (κ1) is 8.99. The molecule has 0 bridgehead atoms. The number of nitrogens with one attached hydrogen (secondary N) is 1. The molecule has 12 heavy (non-hydrogen) atoms. The van der Waals surface area contributed by atoms with Gasteiger partial charge >= 0.3 is 0 Å². The lowest BCUT2D eigenvalue weighted by atomic mass is 10.1. The highest BCUT2D eigenvalue weighted by atomic mass is 16.4. The molecule has 1 saturated heterocycles. The smallest absolute Gasteiger partial charge is 0.178 e. The van der Waals surface area contributed by atoms with Crippen molar-refractivity contribution in [1.29, 1.82) is 0 Å². The second-order valence-corrected chi connectivity index (χ2v) is 3.51. The Hall–Kier alpha value is -1.10. The molecule has 2 atom stereocenters. The van der Waals surface area contributed by atoms with Gasteiger partial charge in [-0.05, 0) is 13.8 Å². The molecule has 0 aromatic rings. The third-order valence-corrected chi connectivity index (χ3v) is 2.28. The summed E-state index contributed by atoms with van der Waals surface area (Å²) in [5.74, 6) is -2.43. The van der Waals surface area contributed by atoms with E-state index in [2.05, 4.69) is 0 Å². The van der Waals surface area contributed by atoms with Gasteiger partial charge < -0.3 is 24.7 Å². The van der Waals surface area contributed by atoms with Gasteiger partial charge in [0.05, 0.1) is 0 Å². The second kappa shape index (κ2) is 2.45. The molecule has 0 aliphatic carbocycles. The van der Waals surface area contributed by atoms with E-state index in [0.717, 1.165) is 0 Å². The normalized spacial score (nSPS) is 28.2. The van der Waals surface area contributed by atoms with Crippen molar-refractivity contribution in [2.45, 2.75) is 25.4 Å². The number of carboxylic acid groups (broad SMARTS) is 2. The quantitative estimate of drug-likeness (QED) is 0.435. The molecule has 0 aromatic heterocycles. The van der Waals surface area contributed by atoms with E-state index in [-0.39, 0.29) is 0 Å². The van der Waals surface area contributed by atoms with Gasteiger partial charge in [0, 0.05) is 0 Å². The van der Waals surface area contributed by atoms with Gasteiger partial charge in [0.2, 0.25) is 0 Å². The summed E-state index contributed by atoms with van der Waals surface area (Å²) in [4.78, 5) is 21.3. The molecule has 1 heterocycles. The lowest BCUT2D eigenvalue weighted by molar-refractivity contribution is -0.821. The van der Waals surface area contributed by atoms with Crippen LogP contribution < -0.4 is 15.1 Å². The van der Waals surface area contributed by atoms with Crippen LogP contribution in [-0.2, 0) is 9.59 Å². The van der Waals surface area contributed by atoms with Gasteiger partial charge in [0.15, 0.2) is 6.04 Å².